The van der Waals surface area contributed by atoms with E-state index in [1.54, 1.807) is 36.1 Å². The molecule has 0 aliphatic heterocycles. The van der Waals surface area contributed by atoms with E-state index in [2.05, 4.69) is 10.4 Å². The third-order valence-electron chi connectivity index (χ3n) is 4.25. The van der Waals surface area contributed by atoms with Crippen molar-refractivity contribution in [3.05, 3.63) is 65.6 Å². The lowest BCUT2D eigenvalue weighted by Gasteiger charge is -2.14. The van der Waals surface area contributed by atoms with Gasteiger partial charge in [-0.3, -0.25) is 9.48 Å². The molecule has 0 aliphatic rings. The molecule has 0 unspecified atom stereocenters. The van der Waals surface area contributed by atoms with Crippen molar-refractivity contribution in [2.75, 3.05) is 18.5 Å². The standard InChI is InChI=1S/C20H18F4N4O2/c1-28-17(6-8-26-28)15-11-13(3-5-18(15)30-9-7-25)27-19(29)14-10-12(20(22,23)24)2-4-16(14)21/h2-6,8,10-11H,7,9,25H2,1H3,(H,27,29). The summed E-state index contributed by atoms with van der Waals surface area (Å²) in [6, 6.07) is 8.03. The molecular formula is C20H18F4N4O2. The summed E-state index contributed by atoms with van der Waals surface area (Å²) in [6.07, 6.45) is -3.12. The minimum Gasteiger partial charge on any atom is -0.492 e. The summed E-state index contributed by atoms with van der Waals surface area (Å²) in [5, 5.41) is 6.52. The summed E-state index contributed by atoms with van der Waals surface area (Å²) in [4.78, 5) is 12.5. The first kappa shape index (κ1) is 21.3. The van der Waals surface area contributed by atoms with E-state index in [-0.39, 0.29) is 18.8 Å². The van der Waals surface area contributed by atoms with Crippen LogP contribution in [0.1, 0.15) is 15.9 Å². The van der Waals surface area contributed by atoms with Crippen LogP contribution < -0.4 is 15.8 Å². The Morgan fingerprint density at radius 3 is 2.60 bits per heavy atom. The van der Waals surface area contributed by atoms with Crippen molar-refractivity contribution < 1.29 is 27.1 Å². The summed E-state index contributed by atoms with van der Waals surface area (Å²) < 4.78 is 59.9. The molecule has 1 heterocycles. The van der Waals surface area contributed by atoms with E-state index in [1.165, 1.54) is 6.07 Å². The van der Waals surface area contributed by atoms with Crippen molar-refractivity contribution in [2.45, 2.75) is 6.18 Å². The van der Waals surface area contributed by atoms with E-state index in [9.17, 15) is 22.4 Å². The highest BCUT2D eigenvalue weighted by atomic mass is 19.4. The predicted molar refractivity (Wildman–Crippen MR) is 103 cm³/mol. The van der Waals surface area contributed by atoms with Crippen LogP contribution in [0.2, 0.25) is 0 Å². The topological polar surface area (TPSA) is 82.2 Å². The summed E-state index contributed by atoms with van der Waals surface area (Å²) in [5.74, 6) is -1.59. The molecule has 3 aromatic rings. The molecule has 0 bridgehead atoms. The Hall–Kier alpha value is -3.40. The zero-order chi connectivity index (χ0) is 21.9. The Bertz CT molecular complexity index is 1060. The number of benzene rings is 2. The van der Waals surface area contributed by atoms with Crippen molar-refractivity contribution in [2.24, 2.45) is 12.8 Å². The summed E-state index contributed by atoms with van der Waals surface area (Å²) in [5.41, 5.74) is 5.14. The molecule has 0 saturated heterocycles. The quantitative estimate of drug-likeness (QED) is 0.592. The molecule has 0 fully saturated rings. The molecule has 10 heteroatoms. The van der Waals surface area contributed by atoms with Gasteiger partial charge in [-0.2, -0.15) is 18.3 Å². The van der Waals surface area contributed by atoms with Crippen LogP contribution in [0.4, 0.5) is 23.2 Å². The molecule has 0 radical (unpaired) electrons. The number of aryl methyl sites for hydroxylation is 1. The summed E-state index contributed by atoms with van der Waals surface area (Å²) in [6.45, 7) is 0.546. The van der Waals surface area contributed by atoms with E-state index in [0.717, 1.165) is 0 Å². The fraction of sp³-hybridized carbons (Fsp3) is 0.200. The zero-order valence-corrected chi connectivity index (χ0v) is 15.8. The van der Waals surface area contributed by atoms with Crippen molar-refractivity contribution in [3.8, 4) is 17.0 Å². The Labute approximate surface area is 169 Å². The fourth-order valence-corrected chi connectivity index (χ4v) is 2.81. The average Bonchev–Trinajstić information content (AvgIpc) is 3.12. The molecule has 1 amide bonds. The average molecular weight is 422 g/mol. The van der Waals surface area contributed by atoms with Gasteiger partial charge in [0.15, 0.2) is 0 Å². The van der Waals surface area contributed by atoms with Gasteiger partial charge >= 0.3 is 6.18 Å². The number of anilines is 1. The van der Waals surface area contributed by atoms with Crippen LogP contribution in [0.3, 0.4) is 0 Å². The van der Waals surface area contributed by atoms with Gasteiger partial charge in [-0.15, -0.1) is 0 Å². The van der Waals surface area contributed by atoms with E-state index in [4.69, 9.17) is 10.5 Å². The van der Waals surface area contributed by atoms with Gasteiger partial charge in [0.2, 0.25) is 0 Å². The smallest absolute Gasteiger partial charge is 0.416 e. The van der Waals surface area contributed by atoms with Crippen molar-refractivity contribution in [3.63, 3.8) is 0 Å². The van der Waals surface area contributed by atoms with Crippen LogP contribution in [0.5, 0.6) is 5.75 Å². The van der Waals surface area contributed by atoms with Crippen LogP contribution in [-0.2, 0) is 13.2 Å². The largest absolute Gasteiger partial charge is 0.492 e. The normalized spacial score (nSPS) is 11.4. The molecular weight excluding hydrogens is 404 g/mol. The van der Waals surface area contributed by atoms with Gasteiger partial charge in [0.05, 0.1) is 16.8 Å². The maximum atomic E-state index is 14.0. The molecule has 0 saturated carbocycles. The maximum absolute atomic E-state index is 14.0. The first-order valence-corrected chi connectivity index (χ1v) is 8.84. The van der Waals surface area contributed by atoms with Crippen LogP contribution in [-0.4, -0.2) is 28.8 Å². The van der Waals surface area contributed by atoms with Crippen LogP contribution >= 0.6 is 0 Å². The molecule has 3 N–H and O–H groups in total. The van der Waals surface area contributed by atoms with Crippen LogP contribution in [0, 0.1) is 5.82 Å². The minimum atomic E-state index is -4.70. The second-order valence-corrected chi connectivity index (χ2v) is 6.33. The lowest BCUT2D eigenvalue weighted by molar-refractivity contribution is -0.137. The molecule has 0 atom stereocenters. The maximum Gasteiger partial charge on any atom is 0.416 e. The number of nitrogens with zero attached hydrogens (tertiary/aromatic N) is 2. The van der Waals surface area contributed by atoms with Gasteiger partial charge in [0.1, 0.15) is 18.2 Å². The second-order valence-electron chi connectivity index (χ2n) is 6.33. The molecule has 6 nitrogen and oxygen atoms in total. The highest BCUT2D eigenvalue weighted by molar-refractivity contribution is 6.05. The van der Waals surface area contributed by atoms with Gasteiger partial charge in [0.25, 0.3) is 5.91 Å². The van der Waals surface area contributed by atoms with Crippen molar-refractivity contribution >= 4 is 11.6 Å². The fourth-order valence-electron chi connectivity index (χ4n) is 2.81. The van der Waals surface area contributed by atoms with Crippen molar-refractivity contribution in [1.29, 1.82) is 0 Å². The first-order chi connectivity index (χ1) is 14.2. The number of hydrogen-bond donors (Lipinski definition) is 2. The highest BCUT2D eigenvalue weighted by Gasteiger charge is 2.32. The second kappa shape index (κ2) is 8.54. The Balaban J connectivity index is 1.94. The number of nitrogens with two attached hydrogens (primary N) is 1. The van der Waals surface area contributed by atoms with Gasteiger partial charge in [-0.1, -0.05) is 0 Å². The lowest BCUT2D eigenvalue weighted by Crippen LogP contribution is -2.16. The highest BCUT2D eigenvalue weighted by Crippen LogP contribution is 2.33. The molecule has 0 spiro atoms. The molecule has 1 aromatic heterocycles. The van der Waals surface area contributed by atoms with E-state index in [0.29, 0.717) is 35.2 Å². The molecule has 3 rings (SSSR count). The van der Waals surface area contributed by atoms with E-state index >= 15 is 0 Å². The lowest BCUT2D eigenvalue weighted by atomic mass is 10.1. The van der Waals surface area contributed by atoms with Gasteiger partial charge in [-0.25, -0.2) is 4.39 Å². The predicted octanol–water partition coefficient (Wildman–Crippen LogP) is 3.83. The summed E-state index contributed by atoms with van der Waals surface area (Å²) in [7, 11) is 1.71. The number of amides is 1. The van der Waals surface area contributed by atoms with Gasteiger partial charge in [-0.05, 0) is 42.5 Å². The number of alkyl halides is 3. The molecule has 2 aromatic carbocycles. The van der Waals surface area contributed by atoms with Crippen LogP contribution in [0.15, 0.2) is 48.7 Å². The number of aromatic nitrogens is 2. The van der Waals surface area contributed by atoms with Gasteiger partial charge < -0.3 is 15.8 Å². The number of carbonyl (C=O) groups is 1. The van der Waals surface area contributed by atoms with Crippen LogP contribution in [0.25, 0.3) is 11.3 Å². The van der Waals surface area contributed by atoms with Gasteiger partial charge in [0, 0.05) is 31.0 Å². The van der Waals surface area contributed by atoms with E-state index in [1.807, 2.05) is 0 Å². The number of nitrogens with one attached hydrogen (secondary N) is 1. The number of carbonyl (C=O) groups excluding carboxylic acids is 1. The number of halogens is 4. The first-order valence-electron chi connectivity index (χ1n) is 8.84. The number of hydrogen-bond acceptors (Lipinski definition) is 4. The Morgan fingerprint density at radius 1 is 1.20 bits per heavy atom. The molecule has 158 valence electrons. The monoisotopic (exact) mass is 422 g/mol. The SMILES string of the molecule is Cn1nccc1-c1cc(NC(=O)c2cc(C(F)(F)F)ccc2F)ccc1OCCN. The Kier molecular flexibility index (Phi) is 6.06. The summed E-state index contributed by atoms with van der Waals surface area (Å²) >= 11 is 0. The number of rotatable bonds is 6. The number of ether oxygens (including phenoxy) is 1. The minimum absolute atomic E-state index is 0.244. The van der Waals surface area contributed by atoms with E-state index < -0.39 is 29.0 Å². The Morgan fingerprint density at radius 2 is 1.97 bits per heavy atom. The molecule has 30 heavy (non-hydrogen) atoms. The third-order valence-corrected chi connectivity index (χ3v) is 4.25. The zero-order valence-electron chi connectivity index (χ0n) is 15.8. The molecule has 0 aliphatic carbocycles. The van der Waals surface area contributed by atoms with Crippen molar-refractivity contribution in [1.82, 2.24) is 9.78 Å². The third kappa shape index (κ3) is 4.60.